The monoisotopic (exact) mass is 382 g/mol. The van der Waals surface area contributed by atoms with Gasteiger partial charge in [-0.05, 0) is 57.0 Å². The van der Waals surface area contributed by atoms with Crippen LogP contribution >= 0.6 is 11.3 Å². The van der Waals surface area contributed by atoms with Crippen LogP contribution in [0.1, 0.15) is 31.0 Å². The van der Waals surface area contributed by atoms with Gasteiger partial charge in [0.25, 0.3) is 0 Å². The zero-order chi connectivity index (χ0) is 19.6. The molecule has 0 aliphatic rings. The highest BCUT2D eigenvalue weighted by Gasteiger charge is 2.15. The van der Waals surface area contributed by atoms with Crippen LogP contribution in [0.2, 0.25) is 0 Å². The Kier molecular flexibility index (Phi) is 5.71. The Hall–Kier alpha value is -2.53. The number of thiazole rings is 1. The van der Waals surface area contributed by atoms with Crippen LogP contribution in [-0.4, -0.2) is 18.8 Å². The van der Waals surface area contributed by atoms with Crippen molar-refractivity contribution in [2.24, 2.45) is 4.99 Å². The van der Waals surface area contributed by atoms with Crippen LogP contribution in [-0.2, 0) is 0 Å². The van der Waals surface area contributed by atoms with Crippen molar-refractivity contribution in [3.8, 4) is 22.8 Å². The molecule has 0 amide bonds. The highest BCUT2D eigenvalue weighted by Crippen LogP contribution is 2.34. The van der Waals surface area contributed by atoms with Gasteiger partial charge in [-0.3, -0.25) is 0 Å². The van der Waals surface area contributed by atoms with Crippen molar-refractivity contribution in [2.45, 2.75) is 33.7 Å². The summed E-state index contributed by atoms with van der Waals surface area (Å²) in [7, 11) is 3.35. The van der Waals surface area contributed by atoms with Crippen LogP contribution in [0.4, 0.5) is 5.69 Å². The number of hydrogen-bond acceptors (Lipinski definition) is 4. The summed E-state index contributed by atoms with van der Waals surface area (Å²) < 4.78 is 13.2. The molecule has 0 saturated heterocycles. The molecular weight excluding hydrogens is 356 g/mol. The van der Waals surface area contributed by atoms with Gasteiger partial charge >= 0.3 is 0 Å². The average molecular weight is 383 g/mol. The Morgan fingerprint density at radius 1 is 1.00 bits per heavy atom. The molecule has 5 heteroatoms. The maximum atomic E-state index is 5.62. The quantitative estimate of drug-likeness (QED) is 0.570. The zero-order valence-corrected chi connectivity index (χ0v) is 17.6. The van der Waals surface area contributed by atoms with Gasteiger partial charge in [0.1, 0.15) is 11.5 Å². The van der Waals surface area contributed by atoms with E-state index in [0.717, 1.165) is 33.2 Å². The van der Waals surface area contributed by atoms with Crippen molar-refractivity contribution in [3.05, 3.63) is 57.7 Å². The van der Waals surface area contributed by atoms with Gasteiger partial charge < -0.3 is 14.0 Å². The van der Waals surface area contributed by atoms with Crippen LogP contribution in [0.15, 0.2) is 46.8 Å². The van der Waals surface area contributed by atoms with Gasteiger partial charge in [0.2, 0.25) is 0 Å². The summed E-state index contributed by atoms with van der Waals surface area (Å²) in [6, 6.07) is 12.6. The fourth-order valence-electron chi connectivity index (χ4n) is 3.05. The molecule has 0 fully saturated rings. The summed E-state index contributed by atoms with van der Waals surface area (Å²) in [5, 5.41) is 2.15. The van der Waals surface area contributed by atoms with Crippen LogP contribution < -0.4 is 14.3 Å². The molecule has 1 heterocycles. The first kappa shape index (κ1) is 19.2. The fraction of sp³-hybridized carbons (Fsp3) is 0.318. The molecule has 0 radical (unpaired) electrons. The van der Waals surface area contributed by atoms with E-state index in [0.29, 0.717) is 0 Å². The minimum atomic E-state index is 0.266. The SMILES string of the molecule is COc1ccc(-c2csc(=Nc3cc(C)ccc3C)n2C(C)C)c(OC)c1. The Bertz CT molecular complexity index is 1020. The third-order valence-corrected chi connectivity index (χ3v) is 5.36. The number of nitrogens with zero attached hydrogens (tertiary/aromatic N) is 2. The van der Waals surface area contributed by atoms with E-state index < -0.39 is 0 Å². The molecule has 142 valence electrons. The summed E-state index contributed by atoms with van der Waals surface area (Å²) in [4.78, 5) is 5.95. The number of ether oxygens (including phenoxy) is 2. The third-order valence-electron chi connectivity index (χ3n) is 4.52. The summed E-state index contributed by atoms with van der Waals surface area (Å²) >= 11 is 1.65. The van der Waals surface area contributed by atoms with E-state index in [1.165, 1.54) is 11.1 Å². The molecule has 1 aromatic heterocycles. The van der Waals surface area contributed by atoms with Gasteiger partial charge in [-0.2, -0.15) is 0 Å². The van der Waals surface area contributed by atoms with E-state index in [1.54, 1.807) is 25.6 Å². The molecule has 0 aliphatic heterocycles. The smallest absolute Gasteiger partial charge is 0.190 e. The van der Waals surface area contributed by atoms with E-state index in [4.69, 9.17) is 14.5 Å². The van der Waals surface area contributed by atoms with Crippen molar-refractivity contribution in [1.82, 2.24) is 4.57 Å². The van der Waals surface area contributed by atoms with E-state index in [9.17, 15) is 0 Å². The molecule has 0 N–H and O–H groups in total. The third kappa shape index (κ3) is 3.93. The Morgan fingerprint density at radius 3 is 2.44 bits per heavy atom. The van der Waals surface area contributed by atoms with Crippen LogP contribution in [0.25, 0.3) is 11.3 Å². The second kappa shape index (κ2) is 8.01. The lowest BCUT2D eigenvalue weighted by molar-refractivity contribution is 0.395. The lowest BCUT2D eigenvalue weighted by Crippen LogP contribution is -2.18. The van der Waals surface area contributed by atoms with Crippen LogP contribution in [0.3, 0.4) is 0 Å². The molecule has 27 heavy (non-hydrogen) atoms. The molecule has 0 atom stereocenters. The van der Waals surface area contributed by atoms with E-state index >= 15 is 0 Å². The summed E-state index contributed by atoms with van der Waals surface area (Å²) in [6.07, 6.45) is 0. The van der Waals surface area contributed by atoms with Gasteiger partial charge in [0, 0.05) is 23.1 Å². The maximum absolute atomic E-state index is 5.62. The van der Waals surface area contributed by atoms with Crippen LogP contribution in [0.5, 0.6) is 11.5 Å². The molecule has 0 unspecified atom stereocenters. The predicted molar refractivity (Wildman–Crippen MR) is 112 cm³/mol. The van der Waals surface area contributed by atoms with Crippen molar-refractivity contribution in [2.75, 3.05) is 14.2 Å². The first-order valence-electron chi connectivity index (χ1n) is 8.99. The number of hydrogen-bond donors (Lipinski definition) is 0. The number of aromatic nitrogens is 1. The molecule has 0 bridgehead atoms. The maximum Gasteiger partial charge on any atom is 0.190 e. The summed E-state index contributed by atoms with van der Waals surface area (Å²) in [5.74, 6) is 1.57. The largest absolute Gasteiger partial charge is 0.497 e. The summed E-state index contributed by atoms with van der Waals surface area (Å²) in [5.41, 5.74) is 5.53. The molecule has 0 saturated carbocycles. The molecule has 0 spiro atoms. The second-order valence-corrected chi connectivity index (χ2v) is 7.67. The molecule has 3 aromatic rings. The van der Waals surface area contributed by atoms with Gasteiger partial charge in [-0.25, -0.2) is 4.99 Å². The minimum absolute atomic E-state index is 0.266. The topological polar surface area (TPSA) is 35.8 Å². The van der Waals surface area contributed by atoms with Crippen molar-refractivity contribution in [3.63, 3.8) is 0 Å². The molecule has 4 nitrogen and oxygen atoms in total. The number of methoxy groups -OCH3 is 2. The van der Waals surface area contributed by atoms with Crippen molar-refractivity contribution in [1.29, 1.82) is 0 Å². The number of aryl methyl sites for hydroxylation is 2. The first-order chi connectivity index (χ1) is 12.9. The summed E-state index contributed by atoms with van der Waals surface area (Å²) in [6.45, 7) is 8.54. The van der Waals surface area contributed by atoms with E-state index in [1.807, 2.05) is 18.2 Å². The van der Waals surface area contributed by atoms with Gasteiger partial charge in [-0.15, -0.1) is 11.3 Å². The highest BCUT2D eigenvalue weighted by molar-refractivity contribution is 7.07. The van der Waals surface area contributed by atoms with Gasteiger partial charge in [0.15, 0.2) is 4.80 Å². The lowest BCUT2D eigenvalue weighted by Gasteiger charge is -2.16. The molecule has 0 aliphatic carbocycles. The van der Waals surface area contributed by atoms with Gasteiger partial charge in [0.05, 0.1) is 25.6 Å². The van der Waals surface area contributed by atoms with Crippen molar-refractivity contribution < 1.29 is 9.47 Å². The molecular formula is C22H26N2O2S. The fourth-order valence-corrected chi connectivity index (χ4v) is 4.08. The van der Waals surface area contributed by atoms with E-state index in [2.05, 4.69) is 55.8 Å². The lowest BCUT2D eigenvalue weighted by atomic mass is 10.1. The normalized spacial score (nSPS) is 11.9. The predicted octanol–water partition coefficient (Wildman–Crippen LogP) is 5.66. The van der Waals surface area contributed by atoms with E-state index in [-0.39, 0.29) is 6.04 Å². The number of rotatable bonds is 5. The first-order valence-corrected chi connectivity index (χ1v) is 9.87. The Morgan fingerprint density at radius 2 is 1.78 bits per heavy atom. The minimum Gasteiger partial charge on any atom is -0.497 e. The molecule has 2 aromatic carbocycles. The highest BCUT2D eigenvalue weighted by atomic mass is 32.1. The Balaban J connectivity index is 2.21. The van der Waals surface area contributed by atoms with Crippen LogP contribution in [0, 0.1) is 13.8 Å². The standard InChI is InChI=1S/C22H26N2O2S/c1-14(2)24-20(18-10-9-17(25-5)12-21(18)26-6)13-27-22(24)23-19-11-15(3)7-8-16(19)4/h7-14H,1-6H3. The van der Waals surface area contributed by atoms with Gasteiger partial charge in [-0.1, -0.05) is 12.1 Å². The van der Waals surface area contributed by atoms with Crippen molar-refractivity contribution >= 4 is 17.0 Å². The molecule has 3 rings (SSSR count). The Labute approximate surface area is 164 Å². The average Bonchev–Trinajstić information content (AvgIpc) is 3.07. The number of benzene rings is 2. The second-order valence-electron chi connectivity index (χ2n) is 6.84. The zero-order valence-electron chi connectivity index (χ0n) is 16.7.